The van der Waals surface area contributed by atoms with E-state index in [0.717, 1.165) is 6.07 Å². The van der Waals surface area contributed by atoms with Crippen LogP contribution in [-0.2, 0) is 0 Å². The minimum absolute atomic E-state index is 0.00828. The average molecular weight is 231 g/mol. The molecule has 0 atom stereocenters. The normalized spacial score (nSPS) is 10.1. The SMILES string of the molecule is O=Cc1cccn1-c1ccc(C(=O)O)cc1O. The number of carbonyl (C=O) groups excluding carboxylic acids is 1. The van der Waals surface area contributed by atoms with Gasteiger partial charge >= 0.3 is 5.97 Å². The molecular weight excluding hydrogens is 222 g/mol. The molecule has 17 heavy (non-hydrogen) atoms. The number of hydrogen-bond acceptors (Lipinski definition) is 3. The quantitative estimate of drug-likeness (QED) is 0.788. The minimum atomic E-state index is -1.12. The van der Waals surface area contributed by atoms with Crippen LogP contribution < -0.4 is 0 Å². The zero-order valence-corrected chi connectivity index (χ0v) is 8.70. The maximum atomic E-state index is 10.8. The zero-order chi connectivity index (χ0) is 12.4. The van der Waals surface area contributed by atoms with Gasteiger partial charge in [0.2, 0.25) is 0 Å². The summed E-state index contributed by atoms with van der Waals surface area (Å²) >= 11 is 0. The Morgan fingerprint density at radius 1 is 1.29 bits per heavy atom. The Morgan fingerprint density at radius 2 is 2.06 bits per heavy atom. The largest absolute Gasteiger partial charge is 0.506 e. The van der Waals surface area contributed by atoms with Gasteiger partial charge in [-0.15, -0.1) is 0 Å². The minimum Gasteiger partial charge on any atom is -0.506 e. The van der Waals surface area contributed by atoms with Crippen LogP contribution in [-0.4, -0.2) is 27.0 Å². The molecule has 2 aromatic rings. The monoisotopic (exact) mass is 231 g/mol. The maximum Gasteiger partial charge on any atom is 0.335 e. The Kier molecular flexibility index (Phi) is 2.66. The number of hydrogen-bond donors (Lipinski definition) is 2. The molecule has 5 heteroatoms. The number of nitrogens with zero attached hydrogens (tertiary/aromatic N) is 1. The van der Waals surface area contributed by atoms with Gasteiger partial charge in [-0.3, -0.25) is 4.79 Å². The average Bonchev–Trinajstić information content (AvgIpc) is 2.76. The number of aromatic carboxylic acids is 1. The molecule has 0 saturated heterocycles. The van der Waals surface area contributed by atoms with Crippen molar-refractivity contribution < 1.29 is 19.8 Å². The molecule has 1 heterocycles. The lowest BCUT2D eigenvalue weighted by molar-refractivity contribution is 0.0696. The number of carboxylic acids is 1. The second kappa shape index (κ2) is 4.13. The smallest absolute Gasteiger partial charge is 0.335 e. The van der Waals surface area contributed by atoms with Crippen molar-refractivity contribution >= 4 is 12.3 Å². The summed E-state index contributed by atoms with van der Waals surface area (Å²) in [6.45, 7) is 0. The Labute approximate surface area is 96.5 Å². The van der Waals surface area contributed by atoms with Crippen molar-refractivity contribution in [2.75, 3.05) is 0 Å². The van der Waals surface area contributed by atoms with Gasteiger partial charge in [-0.1, -0.05) is 0 Å². The molecule has 2 rings (SSSR count). The molecule has 0 amide bonds. The standard InChI is InChI=1S/C12H9NO4/c14-7-9-2-1-5-13(9)10-4-3-8(12(16)17)6-11(10)15/h1-7,15H,(H,16,17). The summed E-state index contributed by atoms with van der Waals surface area (Å²) in [4.78, 5) is 21.5. The van der Waals surface area contributed by atoms with Gasteiger partial charge in [-0.25, -0.2) is 4.79 Å². The van der Waals surface area contributed by atoms with E-state index in [-0.39, 0.29) is 11.3 Å². The third-order valence-corrected chi connectivity index (χ3v) is 2.38. The first-order chi connectivity index (χ1) is 8.13. The molecule has 0 saturated carbocycles. The van der Waals surface area contributed by atoms with Crippen LogP contribution in [0.4, 0.5) is 0 Å². The molecular formula is C12H9NO4. The van der Waals surface area contributed by atoms with Crippen LogP contribution in [0.15, 0.2) is 36.5 Å². The molecule has 2 N–H and O–H groups in total. The van der Waals surface area contributed by atoms with Crippen molar-refractivity contribution in [2.24, 2.45) is 0 Å². The van der Waals surface area contributed by atoms with Crippen LogP contribution in [0.2, 0.25) is 0 Å². The highest BCUT2D eigenvalue weighted by molar-refractivity contribution is 5.88. The molecule has 1 aromatic carbocycles. The van der Waals surface area contributed by atoms with E-state index in [1.807, 2.05) is 0 Å². The predicted octanol–water partition coefficient (Wildman–Crippen LogP) is 1.69. The number of carbonyl (C=O) groups is 2. The predicted molar refractivity (Wildman–Crippen MR) is 59.8 cm³/mol. The van der Waals surface area contributed by atoms with Crippen molar-refractivity contribution in [3.63, 3.8) is 0 Å². The highest BCUT2D eigenvalue weighted by atomic mass is 16.4. The number of aromatic nitrogens is 1. The summed E-state index contributed by atoms with van der Waals surface area (Å²) in [7, 11) is 0. The molecule has 0 bridgehead atoms. The fourth-order valence-electron chi connectivity index (χ4n) is 1.57. The number of carboxylic acid groups (broad SMARTS) is 1. The molecule has 1 aromatic heterocycles. The lowest BCUT2D eigenvalue weighted by atomic mass is 10.2. The van der Waals surface area contributed by atoms with Gasteiger partial charge in [0.25, 0.3) is 0 Å². The summed E-state index contributed by atoms with van der Waals surface area (Å²) in [5.41, 5.74) is 0.733. The molecule has 0 radical (unpaired) electrons. The maximum absolute atomic E-state index is 10.8. The van der Waals surface area contributed by atoms with E-state index in [1.165, 1.54) is 16.7 Å². The highest BCUT2D eigenvalue weighted by Crippen LogP contribution is 2.24. The van der Waals surface area contributed by atoms with E-state index in [2.05, 4.69) is 0 Å². The Hall–Kier alpha value is -2.56. The summed E-state index contributed by atoms with van der Waals surface area (Å²) in [6.07, 6.45) is 2.27. The summed E-state index contributed by atoms with van der Waals surface area (Å²) < 4.78 is 1.48. The molecule has 0 aliphatic carbocycles. The van der Waals surface area contributed by atoms with E-state index < -0.39 is 5.97 Å². The lowest BCUT2D eigenvalue weighted by Gasteiger charge is -2.08. The number of phenols is 1. The first kappa shape index (κ1) is 10.9. The van der Waals surface area contributed by atoms with Crippen molar-refractivity contribution in [3.8, 4) is 11.4 Å². The molecule has 0 spiro atoms. The van der Waals surface area contributed by atoms with Crippen LogP contribution >= 0.6 is 0 Å². The van der Waals surface area contributed by atoms with E-state index in [9.17, 15) is 14.7 Å². The van der Waals surface area contributed by atoms with E-state index in [4.69, 9.17) is 5.11 Å². The van der Waals surface area contributed by atoms with Crippen molar-refractivity contribution in [2.45, 2.75) is 0 Å². The van der Waals surface area contributed by atoms with Crippen LogP contribution in [0.5, 0.6) is 5.75 Å². The highest BCUT2D eigenvalue weighted by Gasteiger charge is 2.10. The second-order valence-corrected chi connectivity index (χ2v) is 3.43. The number of aromatic hydroxyl groups is 1. The zero-order valence-electron chi connectivity index (χ0n) is 8.70. The van der Waals surface area contributed by atoms with Crippen molar-refractivity contribution in [1.82, 2.24) is 4.57 Å². The van der Waals surface area contributed by atoms with Crippen molar-refractivity contribution in [1.29, 1.82) is 0 Å². The molecule has 5 nitrogen and oxygen atoms in total. The lowest BCUT2D eigenvalue weighted by Crippen LogP contribution is -2.00. The van der Waals surface area contributed by atoms with Gasteiger partial charge in [-0.2, -0.15) is 0 Å². The number of rotatable bonds is 3. The molecule has 0 aliphatic rings. The number of aldehydes is 1. The van der Waals surface area contributed by atoms with E-state index in [0.29, 0.717) is 17.7 Å². The van der Waals surface area contributed by atoms with Gasteiger partial charge < -0.3 is 14.8 Å². The molecule has 0 fully saturated rings. The van der Waals surface area contributed by atoms with Gasteiger partial charge in [-0.05, 0) is 30.3 Å². The third kappa shape index (κ3) is 1.90. The summed E-state index contributed by atoms with van der Waals surface area (Å²) in [5, 5.41) is 18.5. The number of benzene rings is 1. The van der Waals surface area contributed by atoms with Gasteiger partial charge in [0.15, 0.2) is 6.29 Å². The fraction of sp³-hybridized carbons (Fsp3) is 0. The van der Waals surface area contributed by atoms with E-state index in [1.54, 1.807) is 18.3 Å². The Bertz CT molecular complexity index is 586. The fourth-order valence-corrected chi connectivity index (χ4v) is 1.57. The molecule has 0 aliphatic heterocycles. The molecule has 0 unspecified atom stereocenters. The van der Waals surface area contributed by atoms with Gasteiger partial charge in [0.05, 0.1) is 16.9 Å². The van der Waals surface area contributed by atoms with E-state index >= 15 is 0 Å². The van der Waals surface area contributed by atoms with Gasteiger partial charge in [0.1, 0.15) is 5.75 Å². The van der Waals surface area contributed by atoms with Crippen LogP contribution in [0.1, 0.15) is 20.8 Å². The first-order valence-corrected chi connectivity index (χ1v) is 4.82. The van der Waals surface area contributed by atoms with Crippen LogP contribution in [0, 0.1) is 0 Å². The van der Waals surface area contributed by atoms with Crippen molar-refractivity contribution in [3.05, 3.63) is 47.8 Å². The van der Waals surface area contributed by atoms with Gasteiger partial charge in [0, 0.05) is 6.20 Å². The Balaban J connectivity index is 2.54. The van der Waals surface area contributed by atoms with Crippen LogP contribution in [0.25, 0.3) is 5.69 Å². The first-order valence-electron chi connectivity index (χ1n) is 4.82. The van der Waals surface area contributed by atoms with Crippen LogP contribution in [0.3, 0.4) is 0 Å². The second-order valence-electron chi connectivity index (χ2n) is 3.43. The Morgan fingerprint density at radius 3 is 2.65 bits per heavy atom. The summed E-state index contributed by atoms with van der Waals surface area (Å²) in [5.74, 6) is -1.31. The number of phenolic OH excluding ortho intramolecular Hbond substituents is 1. The third-order valence-electron chi connectivity index (χ3n) is 2.38. The topological polar surface area (TPSA) is 79.5 Å². The molecule has 86 valence electrons. The summed E-state index contributed by atoms with van der Waals surface area (Å²) in [6, 6.07) is 7.22.